The molecule has 0 saturated carbocycles. The molecule has 0 aliphatic carbocycles. The van der Waals surface area contributed by atoms with Crippen LogP contribution < -0.4 is 5.73 Å². The summed E-state index contributed by atoms with van der Waals surface area (Å²) < 4.78 is 5.13. The number of aromatic nitrogens is 1. The fraction of sp³-hybridized carbons (Fsp3) is 0.500. The Labute approximate surface area is 134 Å². The van der Waals surface area contributed by atoms with Crippen LogP contribution in [0.1, 0.15) is 42.5 Å². The number of carbonyl (C=O) groups excluding carboxylic acids is 1. The van der Waals surface area contributed by atoms with Crippen molar-refractivity contribution in [2.75, 3.05) is 18.8 Å². The topological polar surface area (TPSA) is 72.4 Å². The van der Waals surface area contributed by atoms with E-state index in [-0.39, 0.29) is 5.91 Å². The van der Waals surface area contributed by atoms with Crippen LogP contribution in [0.25, 0.3) is 0 Å². The number of hydrogen-bond acceptors (Lipinski definition) is 5. The number of likely N-dealkylation sites (tertiary alicyclic amines) is 1. The van der Waals surface area contributed by atoms with E-state index in [1.165, 1.54) is 0 Å². The molecule has 1 amide bonds. The third kappa shape index (κ3) is 3.02. The Kier molecular flexibility index (Phi) is 4.47. The van der Waals surface area contributed by atoms with E-state index in [1.807, 2.05) is 21.7 Å². The van der Waals surface area contributed by atoms with E-state index < -0.39 is 0 Å². The van der Waals surface area contributed by atoms with Crippen LogP contribution in [-0.2, 0) is 17.6 Å². The second-order valence-electron chi connectivity index (χ2n) is 5.73. The van der Waals surface area contributed by atoms with Crippen molar-refractivity contribution in [3.05, 3.63) is 33.6 Å². The van der Waals surface area contributed by atoms with Crippen LogP contribution >= 0.6 is 11.3 Å². The molecule has 5 nitrogen and oxygen atoms in total. The van der Waals surface area contributed by atoms with Crippen molar-refractivity contribution in [3.63, 3.8) is 0 Å². The molecule has 0 spiro atoms. The van der Waals surface area contributed by atoms with Crippen molar-refractivity contribution in [1.82, 2.24) is 10.1 Å². The minimum Gasteiger partial charge on any atom is -0.367 e. The number of nitrogens with two attached hydrogens (primary N) is 1. The zero-order valence-corrected chi connectivity index (χ0v) is 13.6. The minimum absolute atomic E-state index is 0.215. The number of anilines is 1. The van der Waals surface area contributed by atoms with E-state index in [4.69, 9.17) is 10.3 Å². The molecule has 3 rings (SSSR count). The molecule has 2 aromatic heterocycles. The van der Waals surface area contributed by atoms with E-state index in [9.17, 15) is 4.79 Å². The van der Waals surface area contributed by atoms with Crippen molar-refractivity contribution >= 4 is 23.1 Å². The second kappa shape index (κ2) is 6.52. The molecule has 22 heavy (non-hydrogen) atoms. The van der Waals surface area contributed by atoms with Crippen molar-refractivity contribution in [2.24, 2.45) is 0 Å². The molecular weight excluding hydrogens is 298 g/mol. The van der Waals surface area contributed by atoms with Crippen molar-refractivity contribution < 1.29 is 9.32 Å². The van der Waals surface area contributed by atoms with Gasteiger partial charge in [0.15, 0.2) is 0 Å². The molecule has 2 aromatic rings. The summed E-state index contributed by atoms with van der Waals surface area (Å²) in [5, 5.41) is 8.19. The standard InChI is InChI=1S/C16H21N3O2S/c1-2-13-15(18-21-16(13)17)12-3-6-19(7-4-12)14(20)9-11-5-8-22-10-11/h5,8,10,12H,2-4,6-7,9,17H2,1H3. The smallest absolute Gasteiger partial charge is 0.227 e. The van der Waals surface area contributed by atoms with E-state index in [0.29, 0.717) is 18.2 Å². The number of rotatable bonds is 4. The molecule has 0 aromatic carbocycles. The van der Waals surface area contributed by atoms with Gasteiger partial charge in [-0.3, -0.25) is 4.79 Å². The van der Waals surface area contributed by atoms with Crippen LogP contribution in [-0.4, -0.2) is 29.1 Å². The number of piperidine rings is 1. The average Bonchev–Trinajstić information content (AvgIpc) is 3.16. The molecule has 1 aliphatic rings. The highest BCUT2D eigenvalue weighted by Crippen LogP contribution is 2.32. The van der Waals surface area contributed by atoms with Gasteiger partial charge >= 0.3 is 0 Å². The van der Waals surface area contributed by atoms with Crippen LogP contribution in [0.15, 0.2) is 21.3 Å². The first-order valence-electron chi connectivity index (χ1n) is 7.71. The molecule has 2 N–H and O–H groups in total. The Morgan fingerprint density at radius 1 is 1.50 bits per heavy atom. The molecule has 0 unspecified atom stereocenters. The van der Waals surface area contributed by atoms with Gasteiger partial charge in [0.25, 0.3) is 0 Å². The quantitative estimate of drug-likeness (QED) is 0.940. The monoisotopic (exact) mass is 319 g/mol. The Balaban J connectivity index is 1.59. The minimum atomic E-state index is 0.215. The molecule has 3 heterocycles. The Morgan fingerprint density at radius 2 is 2.27 bits per heavy atom. The summed E-state index contributed by atoms with van der Waals surface area (Å²) in [4.78, 5) is 14.3. The van der Waals surface area contributed by atoms with E-state index in [1.54, 1.807) is 11.3 Å². The first-order valence-corrected chi connectivity index (χ1v) is 8.66. The van der Waals surface area contributed by atoms with Gasteiger partial charge in [-0.1, -0.05) is 12.1 Å². The van der Waals surface area contributed by atoms with Gasteiger partial charge in [0, 0.05) is 24.6 Å². The first kappa shape index (κ1) is 15.1. The second-order valence-corrected chi connectivity index (χ2v) is 6.51. The molecule has 118 valence electrons. The molecule has 6 heteroatoms. The fourth-order valence-electron chi connectivity index (χ4n) is 3.09. The predicted octanol–water partition coefficient (Wildman–Crippen LogP) is 2.83. The average molecular weight is 319 g/mol. The summed E-state index contributed by atoms with van der Waals surface area (Å²) in [6.07, 6.45) is 3.19. The van der Waals surface area contributed by atoms with Gasteiger partial charge in [-0.15, -0.1) is 0 Å². The Morgan fingerprint density at radius 3 is 2.91 bits per heavy atom. The van der Waals surface area contributed by atoms with Crippen LogP contribution in [0.2, 0.25) is 0 Å². The normalized spacial score (nSPS) is 16.1. The van der Waals surface area contributed by atoms with E-state index in [2.05, 4.69) is 12.1 Å². The SMILES string of the molecule is CCc1c(C2CCN(C(=O)Cc3ccsc3)CC2)noc1N. The van der Waals surface area contributed by atoms with Gasteiger partial charge in [-0.25, -0.2) is 0 Å². The maximum atomic E-state index is 12.3. The Bertz CT molecular complexity index is 628. The third-order valence-corrected chi connectivity index (χ3v) is 5.10. The van der Waals surface area contributed by atoms with Crippen molar-refractivity contribution in [2.45, 2.75) is 38.5 Å². The number of amides is 1. The highest BCUT2D eigenvalue weighted by Gasteiger charge is 2.28. The van der Waals surface area contributed by atoms with Crippen molar-refractivity contribution in [1.29, 1.82) is 0 Å². The number of nitrogen functional groups attached to an aromatic ring is 1. The van der Waals surface area contributed by atoms with Crippen LogP contribution in [0, 0.1) is 0 Å². The van der Waals surface area contributed by atoms with Crippen LogP contribution in [0.5, 0.6) is 0 Å². The summed E-state index contributed by atoms with van der Waals surface area (Å²) in [6.45, 7) is 3.62. The summed E-state index contributed by atoms with van der Waals surface area (Å²) >= 11 is 1.63. The molecule has 0 atom stereocenters. The van der Waals surface area contributed by atoms with Crippen LogP contribution in [0.4, 0.5) is 5.88 Å². The van der Waals surface area contributed by atoms with Gasteiger partial charge in [0.1, 0.15) is 0 Å². The highest BCUT2D eigenvalue weighted by atomic mass is 32.1. The van der Waals surface area contributed by atoms with Gasteiger partial charge in [-0.2, -0.15) is 11.3 Å². The van der Waals surface area contributed by atoms with Gasteiger partial charge in [0.05, 0.1) is 12.1 Å². The first-order chi connectivity index (χ1) is 10.7. The maximum Gasteiger partial charge on any atom is 0.227 e. The van der Waals surface area contributed by atoms with Crippen LogP contribution in [0.3, 0.4) is 0 Å². The molecule has 1 fully saturated rings. The lowest BCUT2D eigenvalue weighted by molar-refractivity contribution is -0.131. The van der Waals surface area contributed by atoms with Gasteiger partial charge < -0.3 is 15.2 Å². The predicted molar refractivity (Wildman–Crippen MR) is 86.9 cm³/mol. The number of thiophene rings is 1. The molecule has 0 radical (unpaired) electrons. The lowest BCUT2D eigenvalue weighted by Gasteiger charge is -2.31. The number of nitrogens with zero attached hydrogens (tertiary/aromatic N) is 2. The molecule has 1 aliphatic heterocycles. The fourth-order valence-corrected chi connectivity index (χ4v) is 3.76. The lowest BCUT2D eigenvalue weighted by atomic mass is 9.90. The molecule has 1 saturated heterocycles. The molecular formula is C16H21N3O2S. The van der Waals surface area contributed by atoms with Crippen molar-refractivity contribution in [3.8, 4) is 0 Å². The van der Waals surface area contributed by atoms with Gasteiger partial charge in [0.2, 0.25) is 11.8 Å². The Hall–Kier alpha value is -1.82. The zero-order valence-electron chi connectivity index (χ0n) is 12.7. The number of carbonyl (C=O) groups is 1. The molecule has 0 bridgehead atoms. The summed E-state index contributed by atoms with van der Waals surface area (Å²) in [6, 6.07) is 2.01. The number of hydrogen-bond donors (Lipinski definition) is 1. The largest absolute Gasteiger partial charge is 0.367 e. The van der Waals surface area contributed by atoms with Gasteiger partial charge in [-0.05, 0) is 41.7 Å². The van der Waals surface area contributed by atoms with E-state index in [0.717, 1.165) is 49.2 Å². The summed E-state index contributed by atoms with van der Waals surface area (Å²) in [7, 11) is 0. The summed E-state index contributed by atoms with van der Waals surface area (Å²) in [5.74, 6) is 1.00. The third-order valence-electron chi connectivity index (χ3n) is 4.37. The van der Waals surface area contributed by atoms with E-state index >= 15 is 0 Å². The maximum absolute atomic E-state index is 12.3. The summed E-state index contributed by atoms with van der Waals surface area (Å²) in [5.41, 5.74) is 8.94. The highest BCUT2D eigenvalue weighted by molar-refractivity contribution is 7.07. The zero-order chi connectivity index (χ0) is 15.5. The lowest BCUT2D eigenvalue weighted by Crippen LogP contribution is -2.38.